The molecule has 0 rings (SSSR count). The number of aliphatic carboxylic acids is 1. The van der Waals surface area contributed by atoms with Gasteiger partial charge in [0.25, 0.3) is 0 Å². The summed E-state index contributed by atoms with van der Waals surface area (Å²) < 4.78 is 0. The quantitative estimate of drug-likeness (QED) is 0.291. The molecule has 0 aromatic rings. The van der Waals surface area contributed by atoms with Crippen LogP contribution in [0.1, 0.15) is 0 Å². The second-order valence-corrected chi connectivity index (χ2v) is 2.93. The van der Waals surface area contributed by atoms with Crippen molar-refractivity contribution in [1.29, 1.82) is 0 Å². The number of carboxylic acid groups (broad SMARTS) is 1. The molecular weight excluding hydrogens is 237 g/mol. The largest absolute Gasteiger partial charge is 0.477 e. The Bertz CT molecular complexity index is 290. The fourth-order valence-corrected chi connectivity index (χ4v) is 0.543. The molecule has 8 heteroatoms. The highest BCUT2D eigenvalue weighted by molar-refractivity contribution is 7.80. The van der Waals surface area contributed by atoms with E-state index >= 15 is 0 Å². The molecule has 13 heavy (non-hydrogen) atoms. The van der Waals surface area contributed by atoms with Gasteiger partial charge in [0.1, 0.15) is 5.03 Å². The highest BCUT2D eigenvalue weighted by Crippen LogP contribution is 2.11. The molecule has 0 unspecified atom stereocenters. The van der Waals surface area contributed by atoms with Gasteiger partial charge in [0.2, 0.25) is 0 Å². The number of rotatable bonds is 3. The number of allylic oxidation sites excluding steroid dienone is 1. The molecule has 0 atom stereocenters. The van der Waals surface area contributed by atoms with Crippen molar-refractivity contribution < 1.29 is 9.90 Å². The molecule has 0 aromatic heterocycles. The maximum atomic E-state index is 10.2. The topological polar surface area (TPSA) is 87.7 Å². The van der Waals surface area contributed by atoms with Crippen LogP contribution < -0.4 is 11.2 Å². The van der Waals surface area contributed by atoms with Crippen molar-refractivity contribution in [2.45, 2.75) is 0 Å². The molecule has 72 valence electrons. The van der Waals surface area contributed by atoms with Crippen LogP contribution in [0.25, 0.3) is 0 Å². The Labute approximate surface area is 89.2 Å². The number of carbonyl (C=O) groups is 1. The van der Waals surface area contributed by atoms with Gasteiger partial charge in [-0.15, -0.1) is 0 Å². The Morgan fingerprint density at radius 3 is 2.54 bits per heavy atom. The molecule has 0 bridgehead atoms. The van der Waals surface area contributed by atoms with E-state index in [-0.39, 0.29) is 10.1 Å². The lowest BCUT2D eigenvalue weighted by atomic mass is 10.5. The van der Waals surface area contributed by atoms with E-state index in [1.807, 2.05) is 0 Å². The highest BCUT2D eigenvalue weighted by atomic mass is 35.5. The third-order valence-corrected chi connectivity index (χ3v) is 1.59. The van der Waals surface area contributed by atoms with Gasteiger partial charge in [-0.25, -0.2) is 4.79 Å². The molecule has 0 heterocycles. The number of nitrogens with two attached hydrogens (primary N) is 1. The number of hydrogen-bond acceptors (Lipinski definition) is 3. The molecule has 0 saturated carbocycles. The lowest BCUT2D eigenvalue weighted by molar-refractivity contribution is -0.131. The summed E-state index contributed by atoms with van der Waals surface area (Å²) in [5, 5.41) is 10.9. The molecule has 0 spiro atoms. The second kappa shape index (κ2) is 5.74. The maximum absolute atomic E-state index is 10.2. The average molecular weight is 242 g/mol. The predicted molar refractivity (Wildman–Crippen MR) is 54.8 cm³/mol. The number of hydrazone groups is 1. The summed E-state index contributed by atoms with van der Waals surface area (Å²) in [6, 6.07) is 0. The average Bonchev–Trinajstić information content (AvgIpc) is 2.02. The van der Waals surface area contributed by atoms with Crippen LogP contribution in [0.15, 0.2) is 15.2 Å². The first kappa shape index (κ1) is 12.2. The highest BCUT2D eigenvalue weighted by Gasteiger charge is 2.07. The molecule has 0 aliphatic rings. The van der Waals surface area contributed by atoms with E-state index < -0.39 is 11.0 Å². The summed E-state index contributed by atoms with van der Waals surface area (Å²) in [6.07, 6.45) is 0.983. The Morgan fingerprint density at radius 1 is 1.62 bits per heavy atom. The Balaban J connectivity index is 4.36. The Kier molecular flexibility index (Phi) is 5.36. The molecule has 0 radical (unpaired) electrons. The fourth-order valence-electron chi connectivity index (χ4n) is 0.311. The van der Waals surface area contributed by atoms with E-state index in [2.05, 4.69) is 22.7 Å². The van der Waals surface area contributed by atoms with Crippen LogP contribution in [0.5, 0.6) is 0 Å². The predicted octanol–water partition coefficient (Wildman–Crippen LogP) is 0.579. The maximum Gasteiger partial charge on any atom is 0.348 e. The zero-order valence-electron chi connectivity index (χ0n) is 6.12. The van der Waals surface area contributed by atoms with Crippen molar-refractivity contribution in [3.8, 4) is 0 Å². The van der Waals surface area contributed by atoms with Gasteiger partial charge in [0.05, 0.1) is 11.2 Å². The minimum Gasteiger partial charge on any atom is -0.477 e. The van der Waals surface area contributed by atoms with Gasteiger partial charge >= 0.3 is 5.97 Å². The molecule has 0 aromatic carbocycles. The Morgan fingerprint density at radius 2 is 2.15 bits per heavy atom. The molecule has 0 amide bonds. The minimum absolute atomic E-state index is 0.0628. The SMILES string of the molecule is NC(=S)N/N=C\C(Cl)=C(\Cl)C(=O)O. The first-order valence-electron chi connectivity index (χ1n) is 2.82. The number of halogens is 2. The van der Waals surface area contributed by atoms with Crippen LogP contribution in [0.3, 0.4) is 0 Å². The number of hydrogen-bond donors (Lipinski definition) is 3. The van der Waals surface area contributed by atoms with Gasteiger partial charge in [-0.05, 0) is 12.2 Å². The molecule has 4 N–H and O–H groups in total. The molecular formula is C5H5Cl2N3O2S. The van der Waals surface area contributed by atoms with Crippen LogP contribution in [0.4, 0.5) is 0 Å². The van der Waals surface area contributed by atoms with Crippen LogP contribution in [0.2, 0.25) is 0 Å². The first-order valence-corrected chi connectivity index (χ1v) is 3.98. The number of nitrogens with one attached hydrogen (secondary N) is 1. The summed E-state index contributed by atoms with van der Waals surface area (Å²) in [6.45, 7) is 0. The van der Waals surface area contributed by atoms with E-state index in [4.69, 9.17) is 34.0 Å². The summed E-state index contributed by atoms with van der Waals surface area (Å²) in [7, 11) is 0. The second-order valence-electron chi connectivity index (χ2n) is 1.70. The smallest absolute Gasteiger partial charge is 0.348 e. The number of carboxylic acids is 1. The van der Waals surface area contributed by atoms with Gasteiger partial charge < -0.3 is 10.8 Å². The number of thiocarbonyl (C=S) groups is 1. The summed E-state index contributed by atoms with van der Waals surface area (Å²) >= 11 is 15.1. The van der Waals surface area contributed by atoms with Gasteiger partial charge in [-0.3, -0.25) is 5.43 Å². The van der Waals surface area contributed by atoms with Gasteiger partial charge in [-0.2, -0.15) is 5.10 Å². The van der Waals surface area contributed by atoms with Crippen LogP contribution in [0, 0.1) is 0 Å². The zero-order valence-corrected chi connectivity index (χ0v) is 8.45. The van der Waals surface area contributed by atoms with Crippen molar-refractivity contribution in [2.24, 2.45) is 10.8 Å². The first-order chi connectivity index (χ1) is 5.95. The monoisotopic (exact) mass is 241 g/mol. The molecule has 5 nitrogen and oxygen atoms in total. The van der Waals surface area contributed by atoms with Crippen molar-refractivity contribution in [1.82, 2.24) is 5.43 Å². The van der Waals surface area contributed by atoms with Gasteiger partial charge in [0, 0.05) is 0 Å². The van der Waals surface area contributed by atoms with Crippen LogP contribution in [-0.2, 0) is 4.79 Å². The molecule has 0 saturated heterocycles. The molecule has 0 aliphatic heterocycles. The summed E-state index contributed by atoms with van der Waals surface area (Å²) in [5.74, 6) is -1.34. The van der Waals surface area contributed by atoms with Gasteiger partial charge in [-0.1, -0.05) is 23.2 Å². The lowest BCUT2D eigenvalue weighted by Crippen LogP contribution is -2.24. The standard InChI is InChI=1S/C5H5Cl2N3O2S/c6-2(3(7)4(11)12)1-9-10-5(8)13/h1H,(H,11,12)(H3,8,10,13)/b3-2-,9-1-. The van der Waals surface area contributed by atoms with Crippen LogP contribution >= 0.6 is 35.4 Å². The third-order valence-electron chi connectivity index (χ3n) is 0.750. The number of nitrogens with zero attached hydrogens (tertiary/aromatic N) is 1. The van der Waals surface area contributed by atoms with Gasteiger partial charge in [0.15, 0.2) is 5.11 Å². The molecule has 0 fully saturated rings. The van der Waals surface area contributed by atoms with E-state index in [0.717, 1.165) is 6.21 Å². The van der Waals surface area contributed by atoms with Crippen LogP contribution in [-0.4, -0.2) is 22.4 Å². The van der Waals surface area contributed by atoms with E-state index in [0.29, 0.717) is 0 Å². The van der Waals surface area contributed by atoms with E-state index in [9.17, 15) is 4.79 Å². The van der Waals surface area contributed by atoms with E-state index in [1.54, 1.807) is 0 Å². The van der Waals surface area contributed by atoms with Crippen molar-refractivity contribution >= 4 is 52.7 Å². The third kappa shape index (κ3) is 5.40. The van der Waals surface area contributed by atoms with Crippen molar-refractivity contribution in [2.75, 3.05) is 0 Å². The van der Waals surface area contributed by atoms with E-state index in [1.165, 1.54) is 0 Å². The lowest BCUT2D eigenvalue weighted by Gasteiger charge is -1.94. The fraction of sp³-hybridized carbons (Fsp3) is 0. The Hall–Kier alpha value is -0.850. The summed E-state index contributed by atoms with van der Waals surface area (Å²) in [4.78, 5) is 10.2. The summed E-state index contributed by atoms with van der Waals surface area (Å²) in [5.41, 5.74) is 7.19. The van der Waals surface area contributed by atoms with Crippen molar-refractivity contribution in [3.63, 3.8) is 0 Å². The molecule has 0 aliphatic carbocycles. The zero-order chi connectivity index (χ0) is 10.4. The normalized spacial score (nSPS) is 12.5. The minimum atomic E-state index is -1.34. The van der Waals surface area contributed by atoms with Crippen molar-refractivity contribution in [3.05, 3.63) is 10.1 Å².